The fourth-order valence-electron chi connectivity index (χ4n) is 2.54. The minimum absolute atomic E-state index is 0.177. The van der Waals surface area contributed by atoms with Crippen molar-refractivity contribution in [1.29, 1.82) is 0 Å². The van der Waals surface area contributed by atoms with Crippen LogP contribution in [0.4, 0.5) is 0 Å². The number of halogens is 1. The van der Waals surface area contributed by atoms with Crippen LogP contribution in [-0.2, 0) is 0 Å². The summed E-state index contributed by atoms with van der Waals surface area (Å²) in [7, 11) is 0. The van der Waals surface area contributed by atoms with Crippen molar-refractivity contribution in [2.45, 2.75) is 45.2 Å². The first-order chi connectivity index (χ1) is 9.41. The van der Waals surface area contributed by atoms with Crippen molar-refractivity contribution in [2.75, 3.05) is 13.1 Å². The van der Waals surface area contributed by atoms with Crippen LogP contribution in [-0.4, -0.2) is 40.5 Å². The zero-order valence-corrected chi connectivity index (χ0v) is 13.1. The predicted octanol–water partition coefficient (Wildman–Crippen LogP) is 2.73. The molecule has 0 spiro atoms. The van der Waals surface area contributed by atoms with Crippen LogP contribution in [0.3, 0.4) is 0 Å². The maximum atomic E-state index is 12.3. The zero-order chi connectivity index (χ0) is 14.8. The summed E-state index contributed by atoms with van der Waals surface area (Å²) in [6.45, 7) is 8.51. The largest absolute Gasteiger partial charge is 0.345 e. The van der Waals surface area contributed by atoms with Gasteiger partial charge in [-0.1, -0.05) is 11.6 Å². The van der Waals surface area contributed by atoms with Crippen molar-refractivity contribution in [2.24, 2.45) is 0 Å². The number of rotatable bonds is 3. The molecular formula is C15H22ClN3O. The Morgan fingerprint density at radius 2 is 2.10 bits per heavy atom. The number of hydrogen-bond acceptors (Lipinski definition) is 3. The Morgan fingerprint density at radius 1 is 1.45 bits per heavy atom. The smallest absolute Gasteiger partial charge is 0.271 e. The van der Waals surface area contributed by atoms with Gasteiger partial charge >= 0.3 is 0 Å². The van der Waals surface area contributed by atoms with Gasteiger partial charge in [0.25, 0.3) is 5.91 Å². The molecule has 0 saturated carbocycles. The molecule has 0 aliphatic carbocycles. The number of nitrogens with one attached hydrogen (secondary N) is 1. The summed E-state index contributed by atoms with van der Waals surface area (Å²) in [6, 6.07) is 3.97. The second-order valence-electron chi connectivity index (χ2n) is 5.98. The summed E-state index contributed by atoms with van der Waals surface area (Å²) in [5, 5.41) is 3.50. The molecule has 0 unspecified atom stereocenters. The highest BCUT2D eigenvalue weighted by Crippen LogP contribution is 2.24. The van der Waals surface area contributed by atoms with Gasteiger partial charge in [0.1, 0.15) is 5.69 Å². The molecular weight excluding hydrogens is 274 g/mol. The molecule has 1 saturated heterocycles. The Balaban J connectivity index is 2.00. The average molecular weight is 296 g/mol. The molecule has 1 aromatic rings. The molecule has 0 atom stereocenters. The van der Waals surface area contributed by atoms with Crippen molar-refractivity contribution >= 4 is 17.5 Å². The average Bonchev–Trinajstić information content (AvgIpc) is 2.39. The van der Waals surface area contributed by atoms with Crippen LogP contribution < -0.4 is 5.32 Å². The highest BCUT2D eigenvalue weighted by atomic mass is 35.5. The van der Waals surface area contributed by atoms with E-state index < -0.39 is 0 Å². The highest BCUT2D eigenvalue weighted by Gasteiger charge is 2.33. The third-order valence-electron chi connectivity index (χ3n) is 4.02. The number of amides is 1. The summed E-state index contributed by atoms with van der Waals surface area (Å²) in [4.78, 5) is 18.8. The Labute approximate surface area is 125 Å². The number of hydrogen-bond donors (Lipinski definition) is 1. The van der Waals surface area contributed by atoms with Gasteiger partial charge in [0.2, 0.25) is 0 Å². The number of carbonyl (C=O) groups is 1. The van der Waals surface area contributed by atoms with Crippen LogP contribution in [0, 0.1) is 0 Å². The number of carbonyl (C=O) groups excluding carboxylic acids is 1. The van der Waals surface area contributed by atoms with E-state index in [4.69, 9.17) is 11.6 Å². The summed E-state index contributed by atoms with van der Waals surface area (Å²) >= 11 is 6.02. The Bertz CT molecular complexity index is 482. The van der Waals surface area contributed by atoms with Gasteiger partial charge < -0.3 is 10.2 Å². The summed E-state index contributed by atoms with van der Waals surface area (Å²) in [6.07, 6.45) is 3.48. The van der Waals surface area contributed by atoms with E-state index >= 15 is 0 Å². The van der Waals surface area contributed by atoms with E-state index in [9.17, 15) is 4.79 Å². The standard InChI is InChI=1S/C15H22ClN3O/c1-11(2)19-9-6-15(3,7-10-19)18-14(20)13-12(16)5-4-8-17-13/h4-5,8,11H,6-7,9-10H2,1-3H3,(H,18,20). The van der Waals surface area contributed by atoms with Gasteiger partial charge in [-0.05, 0) is 45.7 Å². The third-order valence-corrected chi connectivity index (χ3v) is 4.33. The van der Waals surface area contributed by atoms with Crippen molar-refractivity contribution in [3.8, 4) is 0 Å². The summed E-state index contributed by atoms with van der Waals surface area (Å²) < 4.78 is 0. The monoisotopic (exact) mass is 295 g/mol. The second-order valence-corrected chi connectivity index (χ2v) is 6.39. The SMILES string of the molecule is CC(C)N1CCC(C)(NC(=O)c2ncccc2Cl)CC1. The van der Waals surface area contributed by atoms with Gasteiger partial charge in [-0.15, -0.1) is 0 Å². The van der Waals surface area contributed by atoms with E-state index in [1.165, 1.54) is 0 Å². The van der Waals surface area contributed by atoms with Crippen molar-refractivity contribution in [3.63, 3.8) is 0 Å². The molecule has 1 amide bonds. The lowest BCUT2D eigenvalue weighted by atomic mass is 9.89. The molecule has 5 heteroatoms. The van der Waals surface area contributed by atoms with Crippen LogP contribution >= 0.6 is 11.6 Å². The molecule has 1 N–H and O–H groups in total. The van der Waals surface area contributed by atoms with Gasteiger partial charge in [0, 0.05) is 30.9 Å². The molecule has 20 heavy (non-hydrogen) atoms. The first-order valence-electron chi connectivity index (χ1n) is 7.08. The maximum absolute atomic E-state index is 12.3. The molecule has 1 aliphatic rings. The number of likely N-dealkylation sites (tertiary alicyclic amines) is 1. The first kappa shape index (κ1) is 15.3. The maximum Gasteiger partial charge on any atom is 0.271 e. The first-order valence-corrected chi connectivity index (χ1v) is 7.46. The van der Waals surface area contributed by atoms with E-state index in [0.717, 1.165) is 25.9 Å². The minimum atomic E-state index is -0.184. The van der Waals surface area contributed by atoms with Gasteiger partial charge in [-0.2, -0.15) is 0 Å². The molecule has 0 aromatic carbocycles. The van der Waals surface area contributed by atoms with Crippen molar-refractivity contribution in [3.05, 3.63) is 29.0 Å². The Morgan fingerprint density at radius 3 is 2.65 bits per heavy atom. The highest BCUT2D eigenvalue weighted by molar-refractivity contribution is 6.33. The van der Waals surface area contributed by atoms with Gasteiger partial charge in [0.05, 0.1) is 5.02 Å². The van der Waals surface area contributed by atoms with E-state index in [-0.39, 0.29) is 11.4 Å². The quantitative estimate of drug-likeness (QED) is 0.932. The molecule has 0 bridgehead atoms. The Kier molecular flexibility index (Phi) is 4.66. The molecule has 110 valence electrons. The summed E-state index contributed by atoms with van der Waals surface area (Å²) in [5.41, 5.74) is 0.130. The molecule has 1 aliphatic heterocycles. The fraction of sp³-hybridized carbons (Fsp3) is 0.600. The number of piperidine rings is 1. The van der Waals surface area contributed by atoms with E-state index in [0.29, 0.717) is 16.8 Å². The normalized spacial score (nSPS) is 19.1. The van der Waals surface area contributed by atoms with Gasteiger partial charge in [-0.3, -0.25) is 4.79 Å². The van der Waals surface area contributed by atoms with Crippen LogP contribution in [0.1, 0.15) is 44.1 Å². The van der Waals surface area contributed by atoms with Crippen LogP contribution in [0.2, 0.25) is 5.02 Å². The molecule has 0 radical (unpaired) electrons. The molecule has 1 fully saturated rings. The van der Waals surface area contributed by atoms with Crippen LogP contribution in [0.5, 0.6) is 0 Å². The Hall–Kier alpha value is -1.13. The third kappa shape index (κ3) is 3.49. The zero-order valence-electron chi connectivity index (χ0n) is 12.3. The second kappa shape index (κ2) is 6.10. The predicted molar refractivity (Wildman–Crippen MR) is 81.1 cm³/mol. The van der Waals surface area contributed by atoms with E-state index in [1.54, 1.807) is 18.3 Å². The van der Waals surface area contributed by atoms with Crippen molar-refractivity contribution in [1.82, 2.24) is 15.2 Å². The van der Waals surface area contributed by atoms with Crippen LogP contribution in [0.25, 0.3) is 0 Å². The number of aromatic nitrogens is 1. The van der Waals surface area contributed by atoms with Crippen LogP contribution in [0.15, 0.2) is 18.3 Å². The minimum Gasteiger partial charge on any atom is -0.345 e. The topological polar surface area (TPSA) is 45.2 Å². The lowest BCUT2D eigenvalue weighted by Gasteiger charge is -2.41. The lowest BCUT2D eigenvalue weighted by molar-refractivity contribution is 0.0797. The lowest BCUT2D eigenvalue weighted by Crippen LogP contribution is -2.54. The van der Waals surface area contributed by atoms with Gasteiger partial charge in [-0.25, -0.2) is 4.98 Å². The van der Waals surface area contributed by atoms with E-state index in [1.807, 2.05) is 0 Å². The fourth-order valence-corrected chi connectivity index (χ4v) is 2.75. The van der Waals surface area contributed by atoms with Gasteiger partial charge in [0.15, 0.2) is 0 Å². The number of nitrogens with zero attached hydrogens (tertiary/aromatic N) is 2. The summed E-state index contributed by atoms with van der Waals surface area (Å²) in [5.74, 6) is -0.184. The molecule has 2 heterocycles. The molecule has 4 nitrogen and oxygen atoms in total. The molecule has 1 aromatic heterocycles. The molecule has 2 rings (SSSR count). The van der Waals surface area contributed by atoms with Crippen molar-refractivity contribution < 1.29 is 4.79 Å². The van der Waals surface area contributed by atoms with E-state index in [2.05, 4.69) is 36.0 Å². The number of pyridine rings is 1.